The molecule has 4 nitrogen and oxygen atoms in total. The molecule has 2 N–H and O–H groups in total. The Morgan fingerprint density at radius 3 is 2.76 bits per heavy atom. The van der Waals surface area contributed by atoms with Crippen molar-refractivity contribution in [3.63, 3.8) is 0 Å². The van der Waals surface area contributed by atoms with Crippen molar-refractivity contribution in [3.05, 3.63) is 27.8 Å². The van der Waals surface area contributed by atoms with Crippen LogP contribution in [-0.2, 0) is 12.8 Å². The van der Waals surface area contributed by atoms with E-state index in [2.05, 4.69) is 21.2 Å². The van der Waals surface area contributed by atoms with Gasteiger partial charge in [-0.1, -0.05) is 0 Å². The first-order valence-corrected chi connectivity index (χ1v) is 6.29. The number of pyridine rings is 1. The van der Waals surface area contributed by atoms with Crippen LogP contribution in [0.2, 0.25) is 0 Å². The van der Waals surface area contributed by atoms with Crippen molar-refractivity contribution in [2.45, 2.75) is 32.6 Å². The highest BCUT2D eigenvalue weighted by molar-refractivity contribution is 7.71. The predicted molar refractivity (Wildman–Crippen MR) is 68.4 cm³/mol. The third kappa shape index (κ3) is 1.91. The van der Waals surface area contributed by atoms with Crippen LogP contribution in [0.3, 0.4) is 0 Å². The number of nitrogens with one attached hydrogen (secondary N) is 2. The van der Waals surface area contributed by atoms with Crippen LogP contribution in [0.5, 0.6) is 0 Å². The third-order valence-electron chi connectivity index (χ3n) is 3.25. The first-order valence-electron chi connectivity index (χ1n) is 5.88. The molecule has 0 saturated heterocycles. The number of nitrogens with zero attached hydrogens (tertiary/aromatic N) is 2. The van der Waals surface area contributed by atoms with Crippen LogP contribution in [0.1, 0.15) is 29.8 Å². The SMILES string of the molecule is Cc1nc2c(cc1-c1nc(=S)[nH][nH]1)CCCC2. The molecule has 1 aliphatic carbocycles. The van der Waals surface area contributed by atoms with E-state index in [0.29, 0.717) is 4.77 Å². The molecule has 3 rings (SSSR count). The minimum absolute atomic E-state index is 0.483. The quantitative estimate of drug-likeness (QED) is 0.761. The largest absolute Gasteiger partial charge is 0.282 e. The summed E-state index contributed by atoms with van der Waals surface area (Å²) in [6.45, 7) is 2.02. The smallest absolute Gasteiger partial charge is 0.213 e. The molecule has 2 heterocycles. The minimum atomic E-state index is 0.483. The highest BCUT2D eigenvalue weighted by Gasteiger charge is 2.15. The van der Waals surface area contributed by atoms with Gasteiger partial charge in [0.1, 0.15) is 0 Å². The average Bonchev–Trinajstić information content (AvgIpc) is 2.75. The van der Waals surface area contributed by atoms with E-state index in [4.69, 9.17) is 17.2 Å². The first-order chi connectivity index (χ1) is 8.24. The lowest BCUT2D eigenvalue weighted by molar-refractivity contribution is 0.666. The third-order valence-corrected chi connectivity index (χ3v) is 3.44. The lowest BCUT2D eigenvalue weighted by atomic mass is 9.94. The predicted octanol–water partition coefficient (Wildman–Crippen LogP) is 2.72. The topological polar surface area (TPSA) is 57.4 Å². The number of aromatic nitrogens is 4. The van der Waals surface area contributed by atoms with Gasteiger partial charge in [0.05, 0.1) is 0 Å². The minimum Gasteiger partial charge on any atom is -0.282 e. The van der Waals surface area contributed by atoms with Crippen molar-refractivity contribution in [2.24, 2.45) is 0 Å². The van der Waals surface area contributed by atoms with E-state index >= 15 is 0 Å². The second-order valence-electron chi connectivity index (χ2n) is 4.45. The molecule has 0 saturated carbocycles. The summed E-state index contributed by atoms with van der Waals surface area (Å²) in [7, 11) is 0. The molecule has 17 heavy (non-hydrogen) atoms. The van der Waals surface area contributed by atoms with Gasteiger partial charge in [-0.2, -0.15) is 4.98 Å². The Morgan fingerprint density at radius 1 is 1.18 bits per heavy atom. The van der Waals surface area contributed by atoms with Gasteiger partial charge in [-0.05, 0) is 56.5 Å². The molecule has 0 atom stereocenters. The fraction of sp³-hybridized carbons (Fsp3) is 0.417. The van der Waals surface area contributed by atoms with Crippen LogP contribution in [-0.4, -0.2) is 20.2 Å². The van der Waals surface area contributed by atoms with Gasteiger partial charge in [-0.3, -0.25) is 15.2 Å². The molecule has 1 aliphatic rings. The molecular formula is C12H14N4S. The lowest BCUT2D eigenvalue weighted by Gasteiger charge is -2.16. The Morgan fingerprint density at radius 2 is 2.00 bits per heavy atom. The van der Waals surface area contributed by atoms with Crippen LogP contribution in [0.15, 0.2) is 6.07 Å². The molecule has 5 heteroatoms. The van der Waals surface area contributed by atoms with Crippen molar-refractivity contribution < 1.29 is 0 Å². The van der Waals surface area contributed by atoms with Gasteiger partial charge in [-0.25, -0.2) is 0 Å². The summed E-state index contributed by atoms with van der Waals surface area (Å²) < 4.78 is 0.483. The maximum Gasteiger partial charge on any atom is 0.213 e. The van der Waals surface area contributed by atoms with E-state index < -0.39 is 0 Å². The summed E-state index contributed by atoms with van der Waals surface area (Å²) >= 11 is 4.98. The Hall–Kier alpha value is -1.49. The number of aromatic amines is 2. The molecule has 0 radical (unpaired) electrons. The van der Waals surface area contributed by atoms with E-state index in [9.17, 15) is 0 Å². The number of aryl methyl sites for hydroxylation is 3. The van der Waals surface area contributed by atoms with E-state index in [1.54, 1.807) is 0 Å². The molecule has 2 aromatic rings. The maximum atomic E-state index is 4.98. The summed E-state index contributed by atoms with van der Waals surface area (Å²) in [5.41, 5.74) is 4.69. The van der Waals surface area contributed by atoms with Crippen molar-refractivity contribution >= 4 is 12.2 Å². The summed E-state index contributed by atoms with van der Waals surface area (Å²) in [4.78, 5) is 8.95. The first kappa shape index (κ1) is 10.7. The standard InChI is InChI=1S/C12H14N4S/c1-7-9(11-14-12(17)16-15-11)6-8-4-2-3-5-10(8)13-7/h6H,2-5H2,1H3,(H2,14,15,16,17). The van der Waals surface area contributed by atoms with Crippen LogP contribution in [0, 0.1) is 11.7 Å². The van der Waals surface area contributed by atoms with Gasteiger partial charge >= 0.3 is 0 Å². The fourth-order valence-corrected chi connectivity index (χ4v) is 2.52. The Bertz CT molecular complexity index is 611. The molecule has 0 bridgehead atoms. The second kappa shape index (κ2) is 4.07. The van der Waals surface area contributed by atoms with E-state index in [1.807, 2.05) is 6.92 Å². The normalized spacial score (nSPS) is 14.6. The van der Waals surface area contributed by atoms with E-state index in [1.165, 1.54) is 24.1 Å². The molecular weight excluding hydrogens is 232 g/mol. The molecule has 0 aromatic carbocycles. The Labute approximate surface area is 105 Å². The molecule has 0 aliphatic heterocycles. The van der Waals surface area contributed by atoms with E-state index in [0.717, 1.165) is 29.9 Å². The average molecular weight is 246 g/mol. The number of fused-ring (bicyclic) bond motifs is 1. The molecule has 0 amide bonds. The monoisotopic (exact) mass is 246 g/mol. The Kier molecular flexibility index (Phi) is 2.55. The Balaban J connectivity index is 2.14. The molecule has 88 valence electrons. The highest BCUT2D eigenvalue weighted by atomic mass is 32.1. The van der Waals surface area contributed by atoms with Gasteiger partial charge < -0.3 is 0 Å². The zero-order chi connectivity index (χ0) is 11.8. The molecule has 0 unspecified atom stereocenters. The van der Waals surface area contributed by atoms with Gasteiger partial charge in [0.15, 0.2) is 5.82 Å². The van der Waals surface area contributed by atoms with Gasteiger partial charge in [0.2, 0.25) is 4.77 Å². The number of hydrogen-bond acceptors (Lipinski definition) is 3. The zero-order valence-corrected chi connectivity index (χ0v) is 10.5. The number of rotatable bonds is 1. The van der Waals surface area contributed by atoms with Crippen LogP contribution in [0.4, 0.5) is 0 Å². The zero-order valence-electron chi connectivity index (χ0n) is 9.71. The van der Waals surface area contributed by atoms with Crippen molar-refractivity contribution in [3.8, 4) is 11.4 Å². The molecule has 0 spiro atoms. The van der Waals surface area contributed by atoms with E-state index in [-0.39, 0.29) is 0 Å². The summed E-state index contributed by atoms with van der Waals surface area (Å²) in [6.07, 6.45) is 4.74. The summed E-state index contributed by atoms with van der Waals surface area (Å²) in [6, 6.07) is 2.21. The van der Waals surface area contributed by atoms with Gasteiger partial charge in [0.25, 0.3) is 0 Å². The van der Waals surface area contributed by atoms with Crippen LogP contribution < -0.4 is 0 Å². The summed E-state index contributed by atoms with van der Waals surface area (Å²) in [5, 5.41) is 5.81. The number of H-pyrrole nitrogens is 2. The van der Waals surface area contributed by atoms with Crippen molar-refractivity contribution in [1.29, 1.82) is 0 Å². The number of hydrogen-bond donors (Lipinski definition) is 2. The highest BCUT2D eigenvalue weighted by Crippen LogP contribution is 2.26. The van der Waals surface area contributed by atoms with Crippen molar-refractivity contribution in [1.82, 2.24) is 20.2 Å². The lowest BCUT2D eigenvalue weighted by Crippen LogP contribution is -2.07. The van der Waals surface area contributed by atoms with Crippen molar-refractivity contribution in [2.75, 3.05) is 0 Å². The maximum absolute atomic E-state index is 4.98. The molecule has 2 aromatic heterocycles. The van der Waals surface area contributed by atoms with Crippen LogP contribution in [0.25, 0.3) is 11.4 Å². The fourth-order valence-electron chi connectivity index (χ4n) is 2.37. The van der Waals surface area contributed by atoms with Gasteiger partial charge in [-0.15, -0.1) is 0 Å². The molecule has 0 fully saturated rings. The van der Waals surface area contributed by atoms with Crippen LogP contribution >= 0.6 is 12.2 Å². The summed E-state index contributed by atoms with van der Waals surface area (Å²) in [5.74, 6) is 0.786. The van der Waals surface area contributed by atoms with Gasteiger partial charge in [0, 0.05) is 17.0 Å². The second-order valence-corrected chi connectivity index (χ2v) is 4.84.